The largest absolute Gasteiger partial charge is 0.501 e. The Kier molecular flexibility index (Phi) is 4.58. The molecule has 0 aromatic carbocycles. The van der Waals surface area contributed by atoms with Crippen molar-refractivity contribution in [3.63, 3.8) is 0 Å². The smallest absolute Gasteiger partial charge is 0.333 e. The second-order valence-electron chi connectivity index (χ2n) is 3.37. The summed E-state index contributed by atoms with van der Waals surface area (Å²) in [6.45, 7) is 2.16. The van der Waals surface area contributed by atoms with Gasteiger partial charge in [0, 0.05) is 6.42 Å². The van der Waals surface area contributed by atoms with Crippen LogP contribution < -0.4 is 0 Å². The van der Waals surface area contributed by atoms with Crippen molar-refractivity contribution in [2.24, 2.45) is 0 Å². The zero-order valence-corrected chi connectivity index (χ0v) is 8.88. The zero-order valence-electron chi connectivity index (χ0n) is 8.88. The van der Waals surface area contributed by atoms with Crippen LogP contribution in [0.3, 0.4) is 0 Å². The molecule has 15 heavy (non-hydrogen) atoms. The lowest BCUT2D eigenvalue weighted by Gasteiger charge is -1.98. The van der Waals surface area contributed by atoms with Gasteiger partial charge in [0.1, 0.15) is 6.10 Å². The van der Waals surface area contributed by atoms with Crippen LogP contribution in [0.5, 0.6) is 0 Å². The highest BCUT2D eigenvalue weighted by molar-refractivity contribution is 5.81. The number of hydrogen-bond donors (Lipinski definition) is 1. The molecule has 1 rings (SSSR count). The first-order valence-electron chi connectivity index (χ1n) is 4.84. The van der Waals surface area contributed by atoms with Crippen LogP contribution in [-0.2, 0) is 19.0 Å². The average molecular weight is 216 g/mol. The van der Waals surface area contributed by atoms with E-state index < -0.39 is 12.1 Å². The number of epoxide rings is 1. The fourth-order valence-corrected chi connectivity index (χ4v) is 1.24. The van der Waals surface area contributed by atoms with E-state index in [1.165, 1.54) is 19.4 Å². The van der Waals surface area contributed by atoms with Crippen molar-refractivity contribution in [3.8, 4) is 0 Å². The number of carbonyl (C=O) groups excluding carboxylic acids is 1. The number of esters is 1. The van der Waals surface area contributed by atoms with Gasteiger partial charge in [-0.25, -0.2) is 4.79 Å². The molecule has 0 bridgehead atoms. The van der Waals surface area contributed by atoms with E-state index in [-0.39, 0.29) is 12.2 Å². The minimum atomic E-state index is -0.445. The molecule has 5 heteroatoms. The van der Waals surface area contributed by atoms with Gasteiger partial charge in [0.15, 0.2) is 0 Å². The molecule has 1 aliphatic rings. The number of hydrogen-bond acceptors (Lipinski definition) is 5. The molecule has 0 aliphatic carbocycles. The van der Waals surface area contributed by atoms with Gasteiger partial charge in [-0.2, -0.15) is 0 Å². The number of carbonyl (C=O) groups is 1. The van der Waals surface area contributed by atoms with Gasteiger partial charge in [0.2, 0.25) is 0 Å². The van der Waals surface area contributed by atoms with Crippen LogP contribution in [-0.4, -0.2) is 43.1 Å². The fourth-order valence-electron chi connectivity index (χ4n) is 1.24. The quantitative estimate of drug-likeness (QED) is 0.226. The minimum Gasteiger partial charge on any atom is -0.501 e. The number of methoxy groups -OCH3 is 1. The van der Waals surface area contributed by atoms with Gasteiger partial charge in [-0.1, -0.05) is 0 Å². The van der Waals surface area contributed by atoms with Crippen molar-refractivity contribution in [2.75, 3.05) is 13.7 Å². The Morgan fingerprint density at radius 1 is 1.67 bits per heavy atom. The third-order valence-electron chi connectivity index (χ3n) is 2.12. The van der Waals surface area contributed by atoms with E-state index in [1.807, 2.05) is 0 Å². The number of aliphatic hydroxyl groups excluding tert-OH is 1. The standard InChI is InChI=1S/C10H16O5/c1-7(11)10-8(15-10)3-5-14-6-4-9(12)13-2/h4,6-8,10-11H,3,5H2,1-2H3/b6-4+/t7-,8-,10-/m0/s1. The predicted octanol–water partition coefficient (Wildman–Crippen LogP) is 0.228. The van der Waals surface area contributed by atoms with E-state index in [2.05, 4.69) is 4.74 Å². The number of aliphatic hydroxyl groups is 1. The molecule has 0 aromatic rings. The molecular formula is C10H16O5. The maximum absolute atomic E-state index is 10.6. The number of rotatable bonds is 6. The molecule has 0 spiro atoms. The monoisotopic (exact) mass is 216 g/mol. The third-order valence-corrected chi connectivity index (χ3v) is 2.12. The van der Waals surface area contributed by atoms with Crippen molar-refractivity contribution < 1.29 is 24.1 Å². The van der Waals surface area contributed by atoms with Crippen LogP contribution in [0.2, 0.25) is 0 Å². The van der Waals surface area contributed by atoms with Gasteiger partial charge in [-0.15, -0.1) is 0 Å². The minimum absolute atomic E-state index is 0.0572. The Hall–Kier alpha value is -1.07. The van der Waals surface area contributed by atoms with Crippen molar-refractivity contribution in [1.29, 1.82) is 0 Å². The van der Waals surface area contributed by atoms with E-state index >= 15 is 0 Å². The second-order valence-corrected chi connectivity index (χ2v) is 3.37. The molecule has 1 aliphatic heterocycles. The maximum atomic E-state index is 10.6. The van der Waals surface area contributed by atoms with Gasteiger partial charge in [-0.05, 0) is 6.92 Å². The highest BCUT2D eigenvalue weighted by atomic mass is 16.6. The molecule has 0 amide bonds. The molecule has 0 unspecified atom stereocenters. The molecule has 0 saturated carbocycles. The summed E-state index contributed by atoms with van der Waals surface area (Å²) in [5, 5.41) is 9.13. The molecular weight excluding hydrogens is 200 g/mol. The van der Waals surface area contributed by atoms with Gasteiger partial charge in [0.25, 0.3) is 0 Å². The molecule has 5 nitrogen and oxygen atoms in total. The topological polar surface area (TPSA) is 68.3 Å². The summed E-state index contributed by atoms with van der Waals surface area (Å²) >= 11 is 0. The van der Waals surface area contributed by atoms with Crippen LogP contribution in [0.1, 0.15) is 13.3 Å². The lowest BCUT2D eigenvalue weighted by atomic mass is 10.2. The third kappa shape index (κ3) is 4.31. The summed E-state index contributed by atoms with van der Waals surface area (Å²) in [6.07, 6.45) is 2.81. The summed E-state index contributed by atoms with van der Waals surface area (Å²) < 4.78 is 14.6. The SMILES string of the molecule is COC(=O)/C=C/OCC[C@@H]1O[C@H]1[C@H](C)O. The van der Waals surface area contributed by atoms with Gasteiger partial charge < -0.3 is 19.3 Å². The first kappa shape index (κ1) is 12.0. The van der Waals surface area contributed by atoms with Gasteiger partial charge in [0.05, 0.1) is 38.3 Å². The number of ether oxygens (including phenoxy) is 3. The Morgan fingerprint density at radius 3 is 2.93 bits per heavy atom. The van der Waals surface area contributed by atoms with Crippen molar-refractivity contribution in [1.82, 2.24) is 0 Å². The summed E-state index contributed by atoms with van der Waals surface area (Å²) in [5.74, 6) is -0.445. The molecule has 1 heterocycles. The van der Waals surface area contributed by atoms with Gasteiger partial charge >= 0.3 is 5.97 Å². The molecule has 3 atom stereocenters. The lowest BCUT2D eigenvalue weighted by Crippen LogP contribution is -2.12. The van der Waals surface area contributed by atoms with Crippen LogP contribution >= 0.6 is 0 Å². The molecule has 1 saturated heterocycles. The molecule has 0 aromatic heterocycles. The highest BCUT2D eigenvalue weighted by Crippen LogP contribution is 2.28. The Bertz CT molecular complexity index is 236. The van der Waals surface area contributed by atoms with Crippen LogP contribution in [0.15, 0.2) is 12.3 Å². The lowest BCUT2D eigenvalue weighted by molar-refractivity contribution is -0.134. The summed E-state index contributed by atoms with van der Waals surface area (Å²) in [4.78, 5) is 10.6. The molecule has 1 N–H and O–H groups in total. The van der Waals surface area contributed by atoms with E-state index in [4.69, 9.17) is 14.6 Å². The summed E-state index contributed by atoms with van der Waals surface area (Å²) in [6, 6.07) is 0. The average Bonchev–Trinajstić information content (AvgIpc) is 2.96. The first-order chi connectivity index (χ1) is 7.15. The fraction of sp³-hybridized carbons (Fsp3) is 0.700. The van der Waals surface area contributed by atoms with Crippen molar-refractivity contribution in [3.05, 3.63) is 12.3 Å². The van der Waals surface area contributed by atoms with Crippen LogP contribution in [0.25, 0.3) is 0 Å². The predicted molar refractivity (Wildman–Crippen MR) is 52.1 cm³/mol. The van der Waals surface area contributed by atoms with Gasteiger partial charge in [-0.3, -0.25) is 0 Å². The maximum Gasteiger partial charge on any atom is 0.333 e. The van der Waals surface area contributed by atoms with Crippen LogP contribution in [0.4, 0.5) is 0 Å². The Labute approximate surface area is 88.6 Å². The van der Waals surface area contributed by atoms with E-state index in [1.54, 1.807) is 6.92 Å². The van der Waals surface area contributed by atoms with E-state index in [0.717, 1.165) is 0 Å². The molecule has 0 radical (unpaired) electrons. The van der Waals surface area contributed by atoms with Crippen molar-refractivity contribution in [2.45, 2.75) is 31.7 Å². The Morgan fingerprint density at radius 2 is 2.40 bits per heavy atom. The Balaban J connectivity index is 1.99. The van der Waals surface area contributed by atoms with E-state index in [9.17, 15) is 4.79 Å². The first-order valence-corrected chi connectivity index (χ1v) is 4.84. The zero-order chi connectivity index (χ0) is 11.3. The molecule has 1 fully saturated rings. The normalized spacial score (nSPS) is 26.3. The van der Waals surface area contributed by atoms with Crippen LogP contribution in [0, 0.1) is 0 Å². The van der Waals surface area contributed by atoms with Crippen molar-refractivity contribution >= 4 is 5.97 Å². The highest BCUT2D eigenvalue weighted by Gasteiger charge is 2.41. The van der Waals surface area contributed by atoms with E-state index in [0.29, 0.717) is 13.0 Å². The molecule has 86 valence electrons. The summed E-state index contributed by atoms with van der Waals surface area (Å²) in [7, 11) is 1.30. The second kappa shape index (κ2) is 5.72. The summed E-state index contributed by atoms with van der Waals surface area (Å²) in [5.41, 5.74) is 0.